The summed E-state index contributed by atoms with van der Waals surface area (Å²) in [5, 5.41) is 0. The second-order valence-corrected chi connectivity index (χ2v) is 2.87. The third kappa shape index (κ3) is 1.28. The summed E-state index contributed by atoms with van der Waals surface area (Å²) >= 11 is 0. The molecule has 1 aromatic rings. The first kappa shape index (κ1) is 7.22. The first-order chi connectivity index (χ1) is 5.86. The lowest BCUT2D eigenvalue weighted by atomic mass is 10.1. The van der Waals surface area contributed by atoms with Gasteiger partial charge in [-0.15, -0.1) is 0 Å². The molecule has 0 fully saturated rings. The summed E-state index contributed by atoms with van der Waals surface area (Å²) in [6.45, 7) is 2.86. The predicted molar refractivity (Wildman–Crippen MR) is 50.3 cm³/mol. The fourth-order valence-electron chi connectivity index (χ4n) is 1.22. The van der Waals surface area contributed by atoms with Gasteiger partial charge in [-0.25, -0.2) is 0 Å². The zero-order valence-corrected chi connectivity index (χ0v) is 6.99. The molecule has 0 bridgehead atoms. The highest BCUT2D eigenvalue weighted by molar-refractivity contribution is 6.10. The number of rotatable bonds is 1. The Labute approximate surface area is 71.7 Å². The number of aliphatic imine (C=N–C) groups is 1. The minimum absolute atomic E-state index is 0.797. The quantitative estimate of drug-likeness (QED) is 0.612. The Morgan fingerprint density at radius 3 is 3.00 bits per heavy atom. The zero-order chi connectivity index (χ0) is 8.39. The van der Waals surface area contributed by atoms with Gasteiger partial charge in [-0.1, -0.05) is 6.08 Å². The minimum Gasteiger partial charge on any atom is -0.288 e. The summed E-state index contributed by atoms with van der Waals surface area (Å²) in [6, 6.07) is 4.07. The molecule has 0 N–H and O–H groups in total. The number of hydrogen-bond acceptors (Lipinski definition) is 2. The third-order valence-electron chi connectivity index (χ3n) is 1.86. The second-order valence-electron chi connectivity index (χ2n) is 2.87. The molecule has 0 amide bonds. The Morgan fingerprint density at radius 1 is 1.42 bits per heavy atom. The maximum atomic E-state index is 4.26. The number of allylic oxidation sites excluding steroid dienone is 1. The van der Waals surface area contributed by atoms with E-state index in [1.165, 1.54) is 5.56 Å². The van der Waals surface area contributed by atoms with Crippen LogP contribution in [0, 0.1) is 6.92 Å². The van der Waals surface area contributed by atoms with Crippen LogP contribution in [0.25, 0.3) is 5.57 Å². The van der Waals surface area contributed by atoms with E-state index in [-0.39, 0.29) is 0 Å². The van der Waals surface area contributed by atoms with Gasteiger partial charge in [0.2, 0.25) is 0 Å². The Hall–Kier alpha value is -1.44. The van der Waals surface area contributed by atoms with Crippen LogP contribution >= 0.6 is 0 Å². The maximum absolute atomic E-state index is 4.26. The molecule has 0 saturated heterocycles. The molecule has 60 valence electrons. The lowest BCUT2D eigenvalue weighted by molar-refractivity contribution is 1.25. The van der Waals surface area contributed by atoms with Gasteiger partial charge in [0.15, 0.2) is 0 Å². The molecular weight excluding hydrogens is 148 g/mol. The summed E-state index contributed by atoms with van der Waals surface area (Å²) in [5.41, 5.74) is 3.40. The molecule has 0 aromatic carbocycles. The first-order valence-electron chi connectivity index (χ1n) is 3.99. The molecule has 0 spiro atoms. The molecule has 2 heteroatoms. The molecule has 2 rings (SSSR count). The van der Waals surface area contributed by atoms with E-state index in [0.717, 1.165) is 17.8 Å². The van der Waals surface area contributed by atoms with Crippen molar-refractivity contribution in [3.8, 4) is 0 Å². The van der Waals surface area contributed by atoms with Crippen LogP contribution in [0.2, 0.25) is 0 Å². The van der Waals surface area contributed by atoms with E-state index in [2.05, 4.69) is 29.0 Å². The monoisotopic (exact) mass is 158 g/mol. The van der Waals surface area contributed by atoms with E-state index in [0.29, 0.717) is 0 Å². The van der Waals surface area contributed by atoms with Gasteiger partial charge in [0, 0.05) is 18.0 Å². The number of nitrogens with zero attached hydrogens (tertiary/aromatic N) is 2. The number of hydrogen-bond donors (Lipinski definition) is 0. The molecule has 2 nitrogen and oxygen atoms in total. The lowest BCUT2D eigenvalue weighted by Crippen LogP contribution is -1.88. The van der Waals surface area contributed by atoms with E-state index >= 15 is 0 Å². The van der Waals surface area contributed by atoms with Crippen molar-refractivity contribution in [1.29, 1.82) is 0 Å². The van der Waals surface area contributed by atoms with Crippen molar-refractivity contribution in [1.82, 2.24) is 4.98 Å². The summed E-state index contributed by atoms with van der Waals surface area (Å²) in [5.74, 6) is 0. The van der Waals surface area contributed by atoms with Crippen LogP contribution in [0.15, 0.2) is 29.4 Å². The van der Waals surface area contributed by atoms with Gasteiger partial charge in [-0.2, -0.15) is 0 Å². The van der Waals surface area contributed by atoms with Crippen LogP contribution in [0.1, 0.15) is 11.3 Å². The normalized spacial score (nSPS) is 14.9. The minimum atomic E-state index is 0.797. The van der Waals surface area contributed by atoms with E-state index < -0.39 is 0 Å². The molecule has 0 radical (unpaired) electrons. The Kier molecular flexibility index (Phi) is 1.74. The Morgan fingerprint density at radius 2 is 2.33 bits per heavy atom. The summed E-state index contributed by atoms with van der Waals surface area (Å²) in [6.07, 6.45) is 5.79. The highest BCUT2D eigenvalue weighted by Gasteiger charge is 2.02. The van der Waals surface area contributed by atoms with Crippen LogP contribution in [0.5, 0.6) is 0 Å². The standard InChI is InChI=1S/C10H10N2/c1-8-2-5-12-10(6-8)9-3-4-11-7-9/h2-3,5-7H,4H2,1H3. The van der Waals surface area contributed by atoms with Crippen molar-refractivity contribution < 1.29 is 0 Å². The molecule has 1 aliphatic rings. The van der Waals surface area contributed by atoms with Crippen LogP contribution in [-0.2, 0) is 0 Å². The van der Waals surface area contributed by atoms with Crippen molar-refractivity contribution >= 4 is 11.8 Å². The summed E-state index contributed by atoms with van der Waals surface area (Å²) in [7, 11) is 0. The van der Waals surface area contributed by atoms with E-state index in [4.69, 9.17) is 0 Å². The largest absolute Gasteiger partial charge is 0.288 e. The SMILES string of the molecule is Cc1ccnc(C2=CCN=C2)c1. The average Bonchev–Trinajstić information content (AvgIpc) is 2.56. The topological polar surface area (TPSA) is 25.2 Å². The van der Waals surface area contributed by atoms with Crippen molar-refractivity contribution in [3.05, 3.63) is 35.7 Å². The fraction of sp³-hybridized carbons (Fsp3) is 0.200. The van der Waals surface area contributed by atoms with E-state index in [1.54, 1.807) is 0 Å². The Bertz CT molecular complexity index is 351. The number of pyridine rings is 1. The van der Waals surface area contributed by atoms with Crippen LogP contribution in [0.3, 0.4) is 0 Å². The van der Waals surface area contributed by atoms with E-state index in [9.17, 15) is 0 Å². The van der Waals surface area contributed by atoms with Crippen molar-refractivity contribution in [2.45, 2.75) is 6.92 Å². The molecular formula is C10H10N2. The average molecular weight is 158 g/mol. The molecule has 1 aromatic heterocycles. The number of aromatic nitrogens is 1. The Balaban J connectivity index is 2.40. The highest BCUT2D eigenvalue weighted by atomic mass is 14.7. The summed E-state index contributed by atoms with van der Waals surface area (Å²) in [4.78, 5) is 8.38. The summed E-state index contributed by atoms with van der Waals surface area (Å²) < 4.78 is 0. The number of aryl methyl sites for hydroxylation is 1. The van der Waals surface area contributed by atoms with Gasteiger partial charge < -0.3 is 0 Å². The smallest absolute Gasteiger partial charge is 0.0717 e. The molecule has 0 unspecified atom stereocenters. The first-order valence-corrected chi connectivity index (χ1v) is 3.99. The maximum Gasteiger partial charge on any atom is 0.0717 e. The van der Waals surface area contributed by atoms with Crippen LogP contribution in [0.4, 0.5) is 0 Å². The van der Waals surface area contributed by atoms with Crippen molar-refractivity contribution in [3.63, 3.8) is 0 Å². The van der Waals surface area contributed by atoms with Crippen molar-refractivity contribution in [2.75, 3.05) is 6.54 Å². The van der Waals surface area contributed by atoms with Gasteiger partial charge in [0.25, 0.3) is 0 Å². The van der Waals surface area contributed by atoms with Gasteiger partial charge in [-0.05, 0) is 24.6 Å². The van der Waals surface area contributed by atoms with Gasteiger partial charge in [0.05, 0.1) is 12.2 Å². The van der Waals surface area contributed by atoms with Crippen molar-refractivity contribution in [2.24, 2.45) is 4.99 Å². The van der Waals surface area contributed by atoms with Gasteiger partial charge >= 0.3 is 0 Å². The molecule has 12 heavy (non-hydrogen) atoms. The zero-order valence-electron chi connectivity index (χ0n) is 6.99. The molecule has 0 aliphatic carbocycles. The molecule has 0 atom stereocenters. The lowest BCUT2D eigenvalue weighted by Gasteiger charge is -1.98. The second kappa shape index (κ2) is 2.89. The van der Waals surface area contributed by atoms with E-state index in [1.807, 2.05) is 18.5 Å². The molecule has 1 aliphatic heterocycles. The third-order valence-corrected chi connectivity index (χ3v) is 1.86. The molecule has 2 heterocycles. The fourth-order valence-corrected chi connectivity index (χ4v) is 1.22. The predicted octanol–water partition coefficient (Wildman–Crippen LogP) is 1.86. The highest BCUT2D eigenvalue weighted by Crippen LogP contribution is 2.13. The van der Waals surface area contributed by atoms with Crippen LogP contribution in [-0.4, -0.2) is 17.7 Å². The van der Waals surface area contributed by atoms with Gasteiger partial charge in [0.1, 0.15) is 0 Å². The molecule has 0 saturated carbocycles. The van der Waals surface area contributed by atoms with Crippen LogP contribution < -0.4 is 0 Å². The van der Waals surface area contributed by atoms with Gasteiger partial charge in [-0.3, -0.25) is 9.98 Å².